The van der Waals surface area contributed by atoms with Crippen LogP contribution in [-0.4, -0.2) is 33.9 Å². The first-order chi connectivity index (χ1) is 11.5. The highest BCUT2D eigenvalue weighted by Crippen LogP contribution is 2.18. The van der Waals surface area contributed by atoms with Crippen molar-refractivity contribution in [3.8, 4) is 0 Å². The number of aliphatic hydroxyl groups excluding tert-OH is 2. The monoisotopic (exact) mass is 332 g/mol. The molecule has 0 bridgehead atoms. The highest BCUT2D eigenvalue weighted by atomic mass is 16.5. The molecule has 7 nitrogen and oxygen atoms in total. The van der Waals surface area contributed by atoms with Crippen LogP contribution < -0.4 is 10.9 Å². The fourth-order valence-corrected chi connectivity index (χ4v) is 2.18. The number of benzene rings is 1. The highest BCUT2D eigenvalue weighted by Gasteiger charge is 2.21. The summed E-state index contributed by atoms with van der Waals surface area (Å²) < 4.78 is 5.01. The quantitative estimate of drug-likeness (QED) is 0.631. The fraction of sp³-hybridized carbons (Fsp3) is 0.294. The largest absolute Gasteiger partial charge is 0.445 e. The summed E-state index contributed by atoms with van der Waals surface area (Å²) in [6.07, 6.45) is -1.82. The SMILES string of the molecule is Cc1cc(=O)[nH]cc1C(O)C(O)CNC(=O)OCc1ccccc1. The van der Waals surface area contributed by atoms with Crippen LogP contribution in [0.2, 0.25) is 0 Å². The van der Waals surface area contributed by atoms with Gasteiger partial charge in [-0.05, 0) is 18.1 Å². The van der Waals surface area contributed by atoms with Crippen molar-refractivity contribution < 1.29 is 19.7 Å². The number of aromatic amines is 1. The fourth-order valence-electron chi connectivity index (χ4n) is 2.18. The number of aliphatic hydroxyl groups is 2. The van der Waals surface area contributed by atoms with E-state index in [1.165, 1.54) is 12.3 Å². The second kappa shape index (κ2) is 8.28. The smallest absolute Gasteiger partial charge is 0.407 e. The van der Waals surface area contributed by atoms with E-state index in [9.17, 15) is 19.8 Å². The Hall–Kier alpha value is -2.64. The van der Waals surface area contributed by atoms with Gasteiger partial charge in [0.05, 0.1) is 0 Å². The van der Waals surface area contributed by atoms with E-state index < -0.39 is 18.3 Å². The Morgan fingerprint density at radius 2 is 2.00 bits per heavy atom. The zero-order valence-electron chi connectivity index (χ0n) is 13.2. The zero-order valence-corrected chi connectivity index (χ0v) is 13.2. The Bertz CT molecular complexity index is 729. The van der Waals surface area contributed by atoms with E-state index in [4.69, 9.17) is 4.74 Å². The van der Waals surface area contributed by atoms with Gasteiger partial charge in [0, 0.05) is 24.4 Å². The molecule has 0 aliphatic carbocycles. The summed E-state index contributed by atoms with van der Waals surface area (Å²) >= 11 is 0. The molecule has 0 saturated heterocycles. The Morgan fingerprint density at radius 1 is 1.29 bits per heavy atom. The highest BCUT2D eigenvalue weighted by molar-refractivity contribution is 5.67. The number of ether oxygens (including phenoxy) is 1. The van der Waals surface area contributed by atoms with Crippen molar-refractivity contribution in [3.63, 3.8) is 0 Å². The molecule has 0 saturated carbocycles. The number of carbonyl (C=O) groups excluding carboxylic acids is 1. The van der Waals surface area contributed by atoms with Gasteiger partial charge < -0.3 is 25.3 Å². The predicted octanol–water partition coefficient (Wildman–Crippen LogP) is 1.00. The molecular weight excluding hydrogens is 312 g/mol. The van der Waals surface area contributed by atoms with Gasteiger partial charge in [-0.2, -0.15) is 0 Å². The molecule has 1 heterocycles. The van der Waals surface area contributed by atoms with E-state index in [-0.39, 0.29) is 18.7 Å². The molecule has 2 rings (SSSR count). The molecule has 2 atom stereocenters. The number of carbonyl (C=O) groups is 1. The van der Waals surface area contributed by atoms with Crippen LogP contribution in [0.1, 0.15) is 22.8 Å². The first-order valence-corrected chi connectivity index (χ1v) is 7.47. The molecule has 2 aromatic rings. The Morgan fingerprint density at radius 3 is 2.67 bits per heavy atom. The maximum atomic E-state index is 11.6. The molecule has 0 radical (unpaired) electrons. The lowest BCUT2D eigenvalue weighted by molar-refractivity contribution is 0.0178. The van der Waals surface area contributed by atoms with Crippen LogP contribution in [0.5, 0.6) is 0 Å². The van der Waals surface area contributed by atoms with Crippen LogP contribution in [-0.2, 0) is 11.3 Å². The van der Waals surface area contributed by atoms with Crippen molar-refractivity contribution in [1.29, 1.82) is 0 Å². The van der Waals surface area contributed by atoms with Crippen molar-refractivity contribution in [3.05, 3.63) is 69.6 Å². The third-order valence-electron chi connectivity index (χ3n) is 3.52. The maximum Gasteiger partial charge on any atom is 0.407 e. The van der Waals surface area contributed by atoms with Gasteiger partial charge in [-0.15, -0.1) is 0 Å². The van der Waals surface area contributed by atoms with Crippen molar-refractivity contribution >= 4 is 6.09 Å². The molecule has 1 aromatic heterocycles. The molecule has 0 aliphatic rings. The van der Waals surface area contributed by atoms with E-state index in [0.29, 0.717) is 11.1 Å². The Balaban J connectivity index is 1.82. The number of hydrogen-bond acceptors (Lipinski definition) is 5. The van der Waals surface area contributed by atoms with Gasteiger partial charge in [-0.1, -0.05) is 30.3 Å². The number of H-pyrrole nitrogens is 1. The normalized spacial score (nSPS) is 13.1. The van der Waals surface area contributed by atoms with Crippen molar-refractivity contribution in [2.45, 2.75) is 25.7 Å². The average molecular weight is 332 g/mol. The summed E-state index contributed by atoms with van der Waals surface area (Å²) in [4.78, 5) is 25.2. The third kappa shape index (κ3) is 4.94. The summed E-state index contributed by atoms with van der Waals surface area (Å²) in [5, 5.41) is 22.5. The van der Waals surface area contributed by atoms with Crippen molar-refractivity contribution in [2.75, 3.05) is 6.54 Å². The molecule has 128 valence electrons. The number of nitrogens with one attached hydrogen (secondary N) is 2. The third-order valence-corrected chi connectivity index (χ3v) is 3.52. The molecule has 24 heavy (non-hydrogen) atoms. The number of amides is 1. The van der Waals surface area contributed by atoms with Gasteiger partial charge in [0.15, 0.2) is 0 Å². The summed E-state index contributed by atoms with van der Waals surface area (Å²) in [5.74, 6) is 0. The molecule has 0 spiro atoms. The molecular formula is C17H20N2O5. The predicted molar refractivity (Wildman–Crippen MR) is 87.4 cm³/mol. The minimum atomic E-state index is -1.24. The molecule has 1 aromatic carbocycles. The van der Waals surface area contributed by atoms with E-state index in [2.05, 4.69) is 10.3 Å². The van der Waals surface area contributed by atoms with Crippen molar-refractivity contribution in [1.82, 2.24) is 10.3 Å². The molecule has 0 fully saturated rings. The first kappa shape index (κ1) is 17.7. The summed E-state index contributed by atoms with van der Waals surface area (Å²) in [5.41, 5.74) is 1.50. The minimum Gasteiger partial charge on any atom is -0.445 e. The van der Waals surface area contributed by atoms with Gasteiger partial charge in [0.2, 0.25) is 5.56 Å². The molecule has 1 amide bonds. The molecule has 7 heteroatoms. The van der Waals surface area contributed by atoms with Crippen LogP contribution in [0.4, 0.5) is 4.79 Å². The van der Waals surface area contributed by atoms with Crippen LogP contribution in [0.3, 0.4) is 0 Å². The number of pyridine rings is 1. The molecule has 2 unspecified atom stereocenters. The summed E-state index contributed by atoms with van der Waals surface area (Å²) in [6, 6.07) is 10.5. The second-order valence-corrected chi connectivity index (χ2v) is 5.39. The lowest BCUT2D eigenvalue weighted by Crippen LogP contribution is -2.36. The van der Waals surface area contributed by atoms with Gasteiger partial charge in [0.1, 0.15) is 18.8 Å². The van der Waals surface area contributed by atoms with Crippen molar-refractivity contribution in [2.24, 2.45) is 0 Å². The van der Waals surface area contributed by atoms with Crippen LogP contribution in [0.25, 0.3) is 0 Å². The number of alkyl carbamates (subject to hydrolysis) is 1. The topological polar surface area (TPSA) is 112 Å². The van der Waals surface area contributed by atoms with Gasteiger partial charge in [-0.3, -0.25) is 4.79 Å². The number of aryl methyl sites for hydroxylation is 1. The minimum absolute atomic E-state index is 0.115. The average Bonchev–Trinajstić information content (AvgIpc) is 2.58. The summed E-state index contributed by atoms with van der Waals surface area (Å²) in [6.45, 7) is 1.58. The van der Waals surface area contributed by atoms with Crippen LogP contribution >= 0.6 is 0 Å². The summed E-state index contributed by atoms with van der Waals surface area (Å²) in [7, 11) is 0. The van der Waals surface area contributed by atoms with Gasteiger partial charge in [0.25, 0.3) is 0 Å². The lowest BCUT2D eigenvalue weighted by Gasteiger charge is -2.19. The van der Waals surface area contributed by atoms with E-state index >= 15 is 0 Å². The number of aromatic nitrogens is 1. The van der Waals surface area contributed by atoms with Crippen LogP contribution in [0, 0.1) is 6.92 Å². The first-order valence-electron chi connectivity index (χ1n) is 7.47. The second-order valence-electron chi connectivity index (χ2n) is 5.39. The van der Waals surface area contributed by atoms with E-state index in [1.54, 1.807) is 6.92 Å². The van der Waals surface area contributed by atoms with E-state index in [0.717, 1.165) is 5.56 Å². The molecule has 4 N–H and O–H groups in total. The Labute approximate surface area is 138 Å². The zero-order chi connectivity index (χ0) is 17.5. The maximum absolute atomic E-state index is 11.6. The Kier molecular flexibility index (Phi) is 6.11. The molecule has 0 aliphatic heterocycles. The van der Waals surface area contributed by atoms with Gasteiger partial charge in [-0.25, -0.2) is 4.79 Å². The number of hydrogen-bond donors (Lipinski definition) is 4. The standard InChI is InChI=1S/C17H20N2O5/c1-11-7-15(21)18-8-13(11)16(22)14(20)9-19-17(23)24-10-12-5-3-2-4-6-12/h2-8,14,16,20,22H,9-10H2,1H3,(H,18,21)(H,19,23). The number of rotatable bonds is 6. The lowest BCUT2D eigenvalue weighted by atomic mass is 10.0. The van der Waals surface area contributed by atoms with Gasteiger partial charge >= 0.3 is 6.09 Å². The van der Waals surface area contributed by atoms with Crippen LogP contribution in [0.15, 0.2) is 47.4 Å². The van der Waals surface area contributed by atoms with E-state index in [1.807, 2.05) is 30.3 Å².